The number of anilines is 1. The van der Waals surface area contributed by atoms with Crippen LogP contribution in [0.1, 0.15) is 25.5 Å². The largest absolute Gasteiger partial charge is 0.328 e. The van der Waals surface area contributed by atoms with Gasteiger partial charge in [-0.1, -0.05) is 0 Å². The quantitative estimate of drug-likeness (QED) is 0.887. The molecular formula is C16H22Cl2N4O. The van der Waals surface area contributed by atoms with Crippen LogP contribution in [0.5, 0.6) is 0 Å². The number of nitrogens with two attached hydrogens (primary N) is 1. The molecule has 1 aliphatic heterocycles. The van der Waals surface area contributed by atoms with Gasteiger partial charge in [0, 0.05) is 29.7 Å². The van der Waals surface area contributed by atoms with Gasteiger partial charge in [0.15, 0.2) is 0 Å². The number of carbonyl (C=O) groups is 1. The summed E-state index contributed by atoms with van der Waals surface area (Å²) in [4.78, 5) is 16.1. The Kier molecular flexibility index (Phi) is 7.06. The van der Waals surface area contributed by atoms with Crippen LogP contribution in [-0.4, -0.2) is 21.5 Å². The number of nitrogens with zero attached hydrogens (tertiary/aromatic N) is 2. The van der Waals surface area contributed by atoms with Crippen LogP contribution in [0.15, 0.2) is 30.5 Å². The van der Waals surface area contributed by atoms with E-state index in [0.717, 1.165) is 30.0 Å². The van der Waals surface area contributed by atoms with E-state index in [9.17, 15) is 4.79 Å². The Morgan fingerprint density at radius 1 is 1.26 bits per heavy atom. The number of hydrogen-bond donors (Lipinski definition) is 2. The Morgan fingerprint density at radius 2 is 1.96 bits per heavy atom. The summed E-state index contributed by atoms with van der Waals surface area (Å²) in [5, 5.41) is 2.79. The minimum Gasteiger partial charge on any atom is -0.328 e. The predicted octanol–water partition coefficient (Wildman–Crippen LogP) is 3.02. The molecule has 3 N–H and O–H groups in total. The summed E-state index contributed by atoms with van der Waals surface area (Å²) in [7, 11) is 0. The number of aromatic nitrogens is 2. The summed E-state index contributed by atoms with van der Waals surface area (Å²) in [6.45, 7) is 2.70. The highest BCUT2D eigenvalue weighted by Crippen LogP contribution is 2.25. The molecular weight excluding hydrogens is 335 g/mol. The number of halogens is 2. The van der Waals surface area contributed by atoms with E-state index in [0.29, 0.717) is 0 Å². The van der Waals surface area contributed by atoms with E-state index < -0.39 is 6.04 Å². The topological polar surface area (TPSA) is 72.9 Å². The predicted molar refractivity (Wildman–Crippen MR) is 97.4 cm³/mol. The molecule has 1 amide bonds. The van der Waals surface area contributed by atoms with Gasteiger partial charge in [0.1, 0.15) is 5.82 Å². The molecule has 1 aromatic heterocycles. The monoisotopic (exact) mass is 356 g/mol. The van der Waals surface area contributed by atoms with E-state index in [2.05, 4.69) is 14.9 Å². The molecule has 0 radical (unpaired) electrons. The maximum Gasteiger partial charge on any atom is 0.240 e. The summed E-state index contributed by atoms with van der Waals surface area (Å²) in [6.07, 6.45) is 5.53. The summed E-state index contributed by atoms with van der Waals surface area (Å²) < 4.78 is 2.29. The van der Waals surface area contributed by atoms with Gasteiger partial charge in [-0.15, -0.1) is 24.8 Å². The van der Waals surface area contributed by atoms with Crippen LogP contribution in [0.25, 0.3) is 11.4 Å². The van der Waals surface area contributed by atoms with Crippen LogP contribution in [-0.2, 0) is 17.8 Å². The van der Waals surface area contributed by atoms with E-state index in [-0.39, 0.29) is 30.7 Å². The van der Waals surface area contributed by atoms with Crippen molar-refractivity contribution in [2.24, 2.45) is 5.73 Å². The minimum absolute atomic E-state index is 0. The van der Waals surface area contributed by atoms with Gasteiger partial charge in [-0.25, -0.2) is 4.98 Å². The minimum atomic E-state index is -0.510. The molecule has 0 saturated heterocycles. The Hall–Kier alpha value is -1.56. The molecule has 5 nitrogen and oxygen atoms in total. The SMILES string of the molecule is CC(N)C(=O)Nc1ccc(-c2ncc3n2CCCC3)cc1.Cl.Cl. The maximum absolute atomic E-state index is 11.6. The second-order valence-corrected chi connectivity index (χ2v) is 5.54. The number of amides is 1. The molecule has 1 aliphatic rings. The number of nitrogens with one attached hydrogen (secondary N) is 1. The molecule has 1 unspecified atom stereocenters. The molecule has 0 fully saturated rings. The smallest absolute Gasteiger partial charge is 0.240 e. The van der Waals surface area contributed by atoms with Crippen LogP contribution in [0.3, 0.4) is 0 Å². The Labute approximate surface area is 148 Å². The van der Waals surface area contributed by atoms with Gasteiger partial charge >= 0.3 is 0 Å². The normalized spacial score (nSPS) is 14.0. The molecule has 7 heteroatoms. The van der Waals surface area contributed by atoms with E-state index in [1.54, 1.807) is 6.92 Å². The Morgan fingerprint density at radius 3 is 2.61 bits per heavy atom. The third-order valence-corrected chi connectivity index (χ3v) is 3.83. The maximum atomic E-state index is 11.6. The molecule has 1 atom stereocenters. The number of fused-ring (bicyclic) bond motifs is 1. The summed E-state index contributed by atoms with van der Waals surface area (Å²) >= 11 is 0. The molecule has 0 aliphatic carbocycles. The summed E-state index contributed by atoms with van der Waals surface area (Å²) in [5.74, 6) is 0.829. The van der Waals surface area contributed by atoms with Gasteiger partial charge in [-0.2, -0.15) is 0 Å². The van der Waals surface area contributed by atoms with Crippen LogP contribution in [0.4, 0.5) is 5.69 Å². The summed E-state index contributed by atoms with van der Waals surface area (Å²) in [6, 6.07) is 7.24. The number of benzene rings is 1. The number of carbonyl (C=O) groups excluding carboxylic acids is 1. The first-order valence-electron chi connectivity index (χ1n) is 7.36. The van der Waals surface area contributed by atoms with Gasteiger partial charge in [0.05, 0.1) is 6.04 Å². The molecule has 126 valence electrons. The third-order valence-electron chi connectivity index (χ3n) is 3.83. The second-order valence-electron chi connectivity index (χ2n) is 5.54. The van der Waals surface area contributed by atoms with E-state index in [1.165, 1.54) is 18.5 Å². The van der Waals surface area contributed by atoms with E-state index >= 15 is 0 Å². The standard InChI is InChI=1S/C16H20N4O.2ClH/c1-11(17)16(21)19-13-7-5-12(6-8-13)15-18-10-14-4-2-3-9-20(14)15;;/h5-8,10-11H,2-4,9,17H2,1H3,(H,19,21);2*1H. The van der Waals surface area contributed by atoms with Crippen LogP contribution >= 0.6 is 24.8 Å². The summed E-state index contributed by atoms with van der Waals surface area (Å²) in [5.41, 5.74) is 8.68. The molecule has 23 heavy (non-hydrogen) atoms. The van der Waals surface area contributed by atoms with Crippen molar-refractivity contribution in [2.45, 2.75) is 38.8 Å². The van der Waals surface area contributed by atoms with Crippen molar-refractivity contribution >= 4 is 36.4 Å². The molecule has 0 bridgehead atoms. The zero-order valence-corrected chi connectivity index (χ0v) is 14.6. The highest BCUT2D eigenvalue weighted by molar-refractivity contribution is 5.94. The van der Waals surface area contributed by atoms with Gasteiger partial charge < -0.3 is 15.6 Å². The van der Waals surface area contributed by atoms with Gasteiger partial charge in [-0.3, -0.25) is 4.79 Å². The third kappa shape index (κ3) is 4.25. The Balaban J connectivity index is 0.00000132. The van der Waals surface area contributed by atoms with Gasteiger partial charge in [-0.05, 0) is 50.5 Å². The molecule has 0 saturated carbocycles. The van der Waals surface area contributed by atoms with Gasteiger partial charge in [0.2, 0.25) is 5.91 Å². The highest BCUT2D eigenvalue weighted by Gasteiger charge is 2.15. The number of rotatable bonds is 3. The van der Waals surface area contributed by atoms with Crippen LogP contribution in [0.2, 0.25) is 0 Å². The van der Waals surface area contributed by atoms with Crippen molar-refractivity contribution in [2.75, 3.05) is 5.32 Å². The zero-order valence-electron chi connectivity index (χ0n) is 13.0. The molecule has 2 heterocycles. The van der Waals surface area contributed by atoms with Crippen molar-refractivity contribution in [3.63, 3.8) is 0 Å². The first-order chi connectivity index (χ1) is 10.1. The van der Waals surface area contributed by atoms with Crippen molar-refractivity contribution < 1.29 is 4.79 Å². The Bertz CT molecular complexity index is 653. The fourth-order valence-electron chi connectivity index (χ4n) is 2.63. The van der Waals surface area contributed by atoms with Crippen LogP contribution < -0.4 is 11.1 Å². The molecule has 2 aromatic rings. The van der Waals surface area contributed by atoms with Crippen molar-refractivity contribution in [3.05, 3.63) is 36.2 Å². The highest BCUT2D eigenvalue weighted by atomic mass is 35.5. The van der Waals surface area contributed by atoms with Crippen molar-refractivity contribution in [1.29, 1.82) is 0 Å². The molecule has 1 aromatic carbocycles. The van der Waals surface area contributed by atoms with E-state index in [1.807, 2.05) is 30.5 Å². The lowest BCUT2D eigenvalue weighted by Gasteiger charge is -2.16. The first-order valence-corrected chi connectivity index (χ1v) is 7.36. The van der Waals surface area contributed by atoms with E-state index in [4.69, 9.17) is 5.73 Å². The number of aryl methyl sites for hydroxylation is 1. The second kappa shape index (κ2) is 8.34. The lowest BCUT2D eigenvalue weighted by molar-refractivity contribution is -0.117. The first kappa shape index (κ1) is 19.5. The fourth-order valence-corrected chi connectivity index (χ4v) is 2.63. The lowest BCUT2D eigenvalue weighted by atomic mass is 10.1. The van der Waals surface area contributed by atoms with Gasteiger partial charge in [0.25, 0.3) is 0 Å². The number of imidazole rings is 1. The molecule has 0 spiro atoms. The van der Waals surface area contributed by atoms with Crippen molar-refractivity contribution in [1.82, 2.24) is 9.55 Å². The average molecular weight is 357 g/mol. The van der Waals surface area contributed by atoms with Crippen molar-refractivity contribution in [3.8, 4) is 11.4 Å². The zero-order chi connectivity index (χ0) is 14.8. The fraction of sp³-hybridized carbons (Fsp3) is 0.375. The van der Waals surface area contributed by atoms with Crippen LogP contribution in [0, 0.1) is 0 Å². The average Bonchev–Trinajstić information content (AvgIpc) is 2.92. The molecule has 3 rings (SSSR count). The number of hydrogen-bond acceptors (Lipinski definition) is 3. The lowest BCUT2D eigenvalue weighted by Crippen LogP contribution is -2.32.